The molecule has 0 saturated carbocycles. The average molecular weight is 628 g/mol. The molecule has 0 bridgehead atoms. The third kappa shape index (κ3) is 11.1. The molecule has 0 aliphatic carbocycles. The first-order valence-electron chi connectivity index (χ1n) is 13.0. The second-order valence-electron chi connectivity index (χ2n) is 9.84. The monoisotopic (exact) mass is 626 g/mol. The molecule has 0 atom stereocenters. The van der Waals surface area contributed by atoms with Crippen LogP contribution in [0.5, 0.6) is 0 Å². The molecule has 41 heavy (non-hydrogen) atoms. The van der Waals surface area contributed by atoms with Crippen molar-refractivity contribution >= 4 is 80.6 Å². The molecule has 3 rings (SSSR count). The first-order chi connectivity index (χ1) is 18.7. The van der Waals surface area contributed by atoms with Crippen LogP contribution in [0, 0.1) is 0 Å². The summed E-state index contributed by atoms with van der Waals surface area (Å²) >= 11 is 1.46. The van der Waals surface area contributed by atoms with E-state index in [1.807, 2.05) is 67.6 Å². The fraction of sp³-hybridized carbons (Fsp3) is 0.429. The standard InChI is InChI=1S/C28H38N6O4S.2ClH/c1-33(2)14-12-29-24(35)7-10-31-27(37)20-6-5-19-17-23(26-21(9-16-39-26)22(19)18-20)28(38)32-11-8-25(36)30-13-15-34(3)4;;/h5-6,9,16-18H,7-8,10-15H2,1-4H3,(H,29,35)(H,30,36)(H,31,37)(H,32,38);2*1H. The van der Waals surface area contributed by atoms with Gasteiger partial charge in [-0.05, 0) is 68.6 Å². The summed E-state index contributed by atoms with van der Waals surface area (Å²) in [6.45, 7) is 3.11. The Morgan fingerprint density at radius 3 is 1.80 bits per heavy atom. The van der Waals surface area contributed by atoms with Crippen LogP contribution in [0.4, 0.5) is 0 Å². The molecule has 3 aromatic rings. The number of fused-ring (bicyclic) bond motifs is 3. The summed E-state index contributed by atoms with van der Waals surface area (Å²) in [6, 6.07) is 9.12. The number of benzene rings is 2. The van der Waals surface area contributed by atoms with Gasteiger partial charge in [0.05, 0.1) is 5.56 Å². The minimum atomic E-state index is -0.257. The fourth-order valence-electron chi connectivity index (χ4n) is 3.97. The van der Waals surface area contributed by atoms with Gasteiger partial charge in [-0.2, -0.15) is 0 Å². The fourth-order valence-corrected chi connectivity index (χ4v) is 4.89. The van der Waals surface area contributed by atoms with Crippen molar-refractivity contribution in [3.8, 4) is 0 Å². The molecule has 0 aliphatic rings. The molecule has 0 fully saturated rings. The van der Waals surface area contributed by atoms with E-state index < -0.39 is 0 Å². The van der Waals surface area contributed by atoms with Gasteiger partial charge >= 0.3 is 0 Å². The first kappa shape index (κ1) is 36.1. The summed E-state index contributed by atoms with van der Waals surface area (Å²) in [5, 5.41) is 15.8. The topological polar surface area (TPSA) is 123 Å². The molecule has 226 valence electrons. The summed E-state index contributed by atoms with van der Waals surface area (Å²) in [5.41, 5.74) is 1.03. The Labute approximate surface area is 257 Å². The van der Waals surface area contributed by atoms with Gasteiger partial charge in [0, 0.05) is 67.8 Å². The second kappa shape index (κ2) is 17.8. The smallest absolute Gasteiger partial charge is 0.252 e. The number of nitrogens with one attached hydrogen (secondary N) is 4. The van der Waals surface area contributed by atoms with Gasteiger partial charge in [-0.3, -0.25) is 19.2 Å². The van der Waals surface area contributed by atoms with E-state index in [1.165, 1.54) is 11.3 Å². The molecule has 1 heterocycles. The summed E-state index contributed by atoms with van der Waals surface area (Å²) in [6.07, 6.45) is 0.411. The van der Waals surface area contributed by atoms with Crippen LogP contribution in [0.15, 0.2) is 35.7 Å². The molecule has 0 unspecified atom stereocenters. The minimum absolute atomic E-state index is 0. The van der Waals surface area contributed by atoms with Crippen molar-refractivity contribution in [3.63, 3.8) is 0 Å². The van der Waals surface area contributed by atoms with Gasteiger partial charge in [-0.1, -0.05) is 6.07 Å². The predicted octanol–water partition coefficient (Wildman–Crippen LogP) is 2.49. The Balaban J connectivity index is 0.00000420. The third-order valence-electron chi connectivity index (χ3n) is 6.10. The number of hydrogen-bond acceptors (Lipinski definition) is 7. The number of amides is 4. The number of carbonyl (C=O) groups excluding carboxylic acids is 4. The van der Waals surface area contributed by atoms with Gasteiger partial charge in [-0.15, -0.1) is 36.2 Å². The third-order valence-corrected chi connectivity index (χ3v) is 7.05. The van der Waals surface area contributed by atoms with E-state index in [-0.39, 0.29) is 74.4 Å². The maximum atomic E-state index is 13.0. The SMILES string of the molecule is CN(C)CCNC(=O)CCNC(=O)c1ccc2cc(C(=O)NCCC(=O)NCCN(C)C)c3sccc3c2c1.Cl.Cl. The highest BCUT2D eigenvalue weighted by Gasteiger charge is 2.16. The number of nitrogens with zero attached hydrogens (tertiary/aromatic N) is 2. The molecule has 0 saturated heterocycles. The van der Waals surface area contributed by atoms with E-state index in [0.717, 1.165) is 33.9 Å². The van der Waals surface area contributed by atoms with E-state index in [4.69, 9.17) is 0 Å². The van der Waals surface area contributed by atoms with Gasteiger partial charge in [0.1, 0.15) is 0 Å². The van der Waals surface area contributed by atoms with E-state index in [0.29, 0.717) is 24.2 Å². The molecular formula is C28H40Cl2N6O4S. The van der Waals surface area contributed by atoms with Crippen molar-refractivity contribution < 1.29 is 19.2 Å². The molecular weight excluding hydrogens is 587 g/mol. The van der Waals surface area contributed by atoms with Crippen LogP contribution in [0.2, 0.25) is 0 Å². The second-order valence-corrected chi connectivity index (χ2v) is 10.8. The van der Waals surface area contributed by atoms with Crippen molar-refractivity contribution in [2.45, 2.75) is 12.8 Å². The molecule has 0 spiro atoms. The van der Waals surface area contributed by atoms with E-state index in [1.54, 1.807) is 6.07 Å². The van der Waals surface area contributed by atoms with Crippen molar-refractivity contribution in [1.82, 2.24) is 31.1 Å². The Bertz CT molecular complexity index is 1330. The predicted molar refractivity (Wildman–Crippen MR) is 171 cm³/mol. The van der Waals surface area contributed by atoms with Gasteiger partial charge in [0.15, 0.2) is 0 Å². The lowest BCUT2D eigenvalue weighted by Gasteiger charge is -2.12. The summed E-state index contributed by atoms with van der Waals surface area (Å²) in [7, 11) is 7.75. The van der Waals surface area contributed by atoms with Gasteiger partial charge in [-0.25, -0.2) is 0 Å². The van der Waals surface area contributed by atoms with Crippen molar-refractivity contribution in [2.24, 2.45) is 0 Å². The van der Waals surface area contributed by atoms with Crippen molar-refractivity contribution in [3.05, 3.63) is 46.8 Å². The van der Waals surface area contributed by atoms with Crippen LogP contribution in [0.3, 0.4) is 0 Å². The zero-order chi connectivity index (χ0) is 28.4. The summed E-state index contributed by atoms with van der Waals surface area (Å²) < 4.78 is 0.822. The number of likely N-dealkylation sites (N-methyl/N-ethyl adjacent to an activating group) is 2. The van der Waals surface area contributed by atoms with Gasteiger partial charge in [0.2, 0.25) is 11.8 Å². The number of hydrogen-bond donors (Lipinski definition) is 4. The molecule has 13 heteroatoms. The van der Waals surface area contributed by atoms with Crippen molar-refractivity contribution in [1.29, 1.82) is 0 Å². The highest BCUT2D eigenvalue weighted by Crippen LogP contribution is 2.33. The Hall–Kier alpha value is -2.96. The van der Waals surface area contributed by atoms with Crippen LogP contribution in [0.25, 0.3) is 20.9 Å². The number of carbonyl (C=O) groups is 4. The van der Waals surface area contributed by atoms with E-state index >= 15 is 0 Å². The van der Waals surface area contributed by atoms with Crippen LogP contribution in [-0.4, -0.2) is 101 Å². The normalized spacial score (nSPS) is 10.7. The zero-order valence-corrected chi connectivity index (χ0v) is 26.3. The maximum Gasteiger partial charge on any atom is 0.252 e. The average Bonchev–Trinajstić information content (AvgIpc) is 3.37. The quantitative estimate of drug-likeness (QED) is 0.218. The number of rotatable bonds is 14. The lowest BCUT2D eigenvalue weighted by molar-refractivity contribution is -0.121. The van der Waals surface area contributed by atoms with E-state index in [2.05, 4.69) is 21.3 Å². The highest BCUT2D eigenvalue weighted by molar-refractivity contribution is 7.17. The minimum Gasteiger partial charge on any atom is -0.355 e. The zero-order valence-electron chi connectivity index (χ0n) is 23.9. The largest absolute Gasteiger partial charge is 0.355 e. The van der Waals surface area contributed by atoms with Crippen LogP contribution < -0.4 is 21.3 Å². The Morgan fingerprint density at radius 1 is 0.683 bits per heavy atom. The summed E-state index contributed by atoms with van der Waals surface area (Å²) in [5.74, 6) is -0.706. The van der Waals surface area contributed by atoms with Crippen LogP contribution in [0.1, 0.15) is 33.6 Å². The van der Waals surface area contributed by atoms with Crippen molar-refractivity contribution in [2.75, 3.05) is 67.5 Å². The lowest BCUT2D eigenvalue weighted by atomic mass is 10.00. The maximum absolute atomic E-state index is 13.0. The first-order valence-corrected chi connectivity index (χ1v) is 13.9. The lowest BCUT2D eigenvalue weighted by Crippen LogP contribution is -2.34. The molecule has 2 aromatic carbocycles. The molecule has 4 N–H and O–H groups in total. The summed E-state index contributed by atoms with van der Waals surface area (Å²) in [4.78, 5) is 53.7. The Kier molecular flexibility index (Phi) is 15.6. The highest BCUT2D eigenvalue weighted by atomic mass is 35.5. The van der Waals surface area contributed by atoms with Gasteiger partial charge in [0.25, 0.3) is 11.8 Å². The molecule has 10 nitrogen and oxygen atoms in total. The van der Waals surface area contributed by atoms with Crippen LogP contribution >= 0.6 is 36.2 Å². The van der Waals surface area contributed by atoms with E-state index in [9.17, 15) is 19.2 Å². The molecule has 0 radical (unpaired) electrons. The number of halogens is 2. The molecule has 1 aromatic heterocycles. The molecule has 0 aliphatic heterocycles. The van der Waals surface area contributed by atoms with Gasteiger partial charge < -0.3 is 31.1 Å². The molecule has 4 amide bonds. The van der Waals surface area contributed by atoms with Crippen LogP contribution in [-0.2, 0) is 9.59 Å². The number of thiophene rings is 1. The Morgan fingerprint density at radius 2 is 1.24 bits per heavy atom.